The zero-order valence-electron chi connectivity index (χ0n) is 15.6. The molecule has 144 valence electrons. The van der Waals surface area contributed by atoms with Gasteiger partial charge < -0.3 is 24.6 Å². The van der Waals surface area contributed by atoms with Gasteiger partial charge in [-0.3, -0.25) is 4.79 Å². The van der Waals surface area contributed by atoms with Gasteiger partial charge in [0.1, 0.15) is 13.2 Å². The van der Waals surface area contributed by atoms with Gasteiger partial charge in [-0.25, -0.2) is 4.79 Å². The number of likely N-dealkylation sites (tertiary alicyclic amines) is 1. The second-order valence-corrected chi connectivity index (χ2v) is 7.42. The van der Waals surface area contributed by atoms with Gasteiger partial charge in [0.2, 0.25) is 5.91 Å². The molecule has 0 aromatic heterocycles. The molecule has 5 rings (SSSR count). The van der Waals surface area contributed by atoms with E-state index in [0.717, 1.165) is 11.3 Å². The number of para-hydroxylation sites is 1. The van der Waals surface area contributed by atoms with Gasteiger partial charge in [-0.1, -0.05) is 18.2 Å². The first-order valence-corrected chi connectivity index (χ1v) is 9.42. The minimum absolute atomic E-state index is 0.0586. The molecular weight excluding hydrogens is 358 g/mol. The number of rotatable bonds is 1. The maximum absolute atomic E-state index is 13.0. The molecule has 1 saturated heterocycles. The van der Waals surface area contributed by atoms with Crippen LogP contribution in [0.15, 0.2) is 42.5 Å². The van der Waals surface area contributed by atoms with Crippen LogP contribution in [0.1, 0.15) is 12.0 Å². The molecule has 1 atom stereocenters. The van der Waals surface area contributed by atoms with Crippen molar-refractivity contribution in [1.82, 2.24) is 4.90 Å². The van der Waals surface area contributed by atoms with E-state index >= 15 is 0 Å². The molecule has 28 heavy (non-hydrogen) atoms. The fourth-order valence-corrected chi connectivity index (χ4v) is 4.42. The van der Waals surface area contributed by atoms with Gasteiger partial charge in [0.25, 0.3) is 0 Å². The minimum atomic E-state index is -0.643. The average Bonchev–Trinajstić information content (AvgIpc) is 3.26. The van der Waals surface area contributed by atoms with E-state index in [1.165, 1.54) is 0 Å². The smallest absolute Gasteiger partial charge is 0.321 e. The van der Waals surface area contributed by atoms with Crippen molar-refractivity contribution in [1.29, 1.82) is 0 Å². The Morgan fingerprint density at radius 1 is 1.11 bits per heavy atom. The molecule has 2 aromatic carbocycles. The molecule has 3 heterocycles. The van der Waals surface area contributed by atoms with Crippen LogP contribution >= 0.6 is 0 Å². The van der Waals surface area contributed by atoms with Gasteiger partial charge in [0, 0.05) is 37.6 Å². The third-order valence-corrected chi connectivity index (χ3v) is 5.84. The largest absolute Gasteiger partial charge is 0.486 e. The Bertz CT molecular complexity index is 976. The molecule has 7 heteroatoms. The lowest BCUT2D eigenvalue weighted by atomic mass is 9.81. The van der Waals surface area contributed by atoms with Crippen molar-refractivity contribution in [2.75, 3.05) is 43.6 Å². The predicted molar refractivity (Wildman–Crippen MR) is 104 cm³/mol. The van der Waals surface area contributed by atoms with Crippen LogP contribution in [0.3, 0.4) is 0 Å². The monoisotopic (exact) mass is 379 g/mol. The predicted octanol–water partition coefficient (Wildman–Crippen LogP) is 2.61. The van der Waals surface area contributed by atoms with Gasteiger partial charge in [0.05, 0.1) is 5.41 Å². The second-order valence-electron chi connectivity index (χ2n) is 7.42. The standard InChI is InChI=1S/C21H21N3O4/c1-23-16-5-3-2-4-15(16)21(19(23)25)8-9-24(13-21)20(26)22-14-6-7-17-18(12-14)28-11-10-27-17/h2-7,12H,8-11,13H2,1H3,(H,22,26). The molecule has 0 radical (unpaired) electrons. The number of carbonyl (C=O) groups excluding carboxylic acids is 2. The van der Waals surface area contributed by atoms with E-state index < -0.39 is 5.41 Å². The highest BCUT2D eigenvalue weighted by atomic mass is 16.6. The molecule has 0 bridgehead atoms. The highest BCUT2D eigenvalue weighted by molar-refractivity contribution is 6.08. The molecule has 3 amide bonds. The van der Waals surface area contributed by atoms with Crippen molar-refractivity contribution < 1.29 is 19.1 Å². The second kappa shape index (κ2) is 6.15. The fourth-order valence-electron chi connectivity index (χ4n) is 4.42. The van der Waals surface area contributed by atoms with Gasteiger partial charge in [-0.2, -0.15) is 0 Å². The van der Waals surface area contributed by atoms with E-state index in [0.29, 0.717) is 49.9 Å². The number of benzene rings is 2. The lowest BCUT2D eigenvalue weighted by Crippen LogP contribution is -2.42. The summed E-state index contributed by atoms with van der Waals surface area (Å²) in [6.07, 6.45) is 0.627. The number of hydrogen-bond acceptors (Lipinski definition) is 4. The van der Waals surface area contributed by atoms with E-state index in [-0.39, 0.29) is 11.9 Å². The summed E-state index contributed by atoms with van der Waals surface area (Å²) >= 11 is 0. The summed E-state index contributed by atoms with van der Waals surface area (Å²) < 4.78 is 11.1. The number of hydrogen-bond donors (Lipinski definition) is 1. The summed E-state index contributed by atoms with van der Waals surface area (Å²) in [5, 5.41) is 2.92. The number of ether oxygens (including phenoxy) is 2. The van der Waals surface area contributed by atoms with Crippen molar-refractivity contribution in [2.24, 2.45) is 0 Å². The summed E-state index contributed by atoms with van der Waals surface area (Å²) in [4.78, 5) is 29.3. The number of carbonyl (C=O) groups is 2. The van der Waals surface area contributed by atoms with Crippen molar-refractivity contribution in [3.05, 3.63) is 48.0 Å². The molecule has 1 N–H and O–H groups in total. The summed E-state index contributed by atoms with van der Waals surface area (Å²) in [7, 11) is 1.80. The number of likely N-dealkylation sites (N-methyl/N-ethyl adjacent to an activating group) is 1. The molecule has 1 unspecified atom stereocenters. The maximum atomic E-state index is 13.0. The minimum Gasteiger partial charge on any atom is -0.486 e. The quantitative estimate of drug-likeness (QED) is 0.827. The van der Waals surface area contributed by atoms with E-state index in [1.54, 1.807) is 35.0 Å². The van der Waals surface area contributed by atoms with Crippen LogP contribution in [0.4, 0.5) is 16.2 Å². The summed E-state index contributed by atoms with van der Waals surface area (Å²) in [5.41, 5.74) is 1.94. The lowest BCUT2D eigenvalue weighted by Gasteiger charge is -2.24. The van der Waals surface area contributed by atoms with Gasteiger partial charge in [-0.05, 0) is 30.2 Å². The molecule has 2 aromatic rings. The highest BCUT2D eigenvalue weighted by Crippen LogP contribution is 2.46. The SMILES string of the molecule is CN1C(=O)C2(CCN(C(=O)Nc3ccc4c(c3)OCCO4)C2)c2ccccc21. The van der Waals surface area contributed by atoms with E-state index in [1.807, 2.05) is 24.3 Å². The van der Waals surface area contributed by atoms with Crippen molar-refractivity contribution in [2.45, 2.75) is 11.8 Å². The Kier molecular flexibility index (Phi) is 3.72. The topological polar surface area (TPSA) is 71.1 Å². The number of urea groups is 1. The van der Waals surface area contributed by atoms with Gasteiger partial charge in [-0.15, -0.1) is 0 Å². The average molecular weight is 379 g/mol. The van der Waals surface area contributed by atoms with Crippen LogP contribution in [-0.4, -0.2) is 50.2 Å². The van der Waals surface area contributed by atoms with Crippen molar-refractivity contribution in [3.8, 4) is 11.5 Å². The lowest BCUT2D eigenvalue weighted by molar-refractivity contribution is -0.122. The first-order valence-electron chi connectivity index (χ1n) is 9.42. The van der Waals surface area contributed by atoms with Crippen LogP contribution in [-0.2, 0) is 10.2 Å². The number of anilines is 2. The molecule has 1 fully saturated rings. The molecular formula is C21H21N3O4. The van der Waals surface area contributed by atoms with Crippen molar-refractivity contribution in [3.63, 3.8) is 0 Å². The highest BCUT2D eigenvalue weighted by Gasteiger charge is 2.54. The van der Waals surface area contributed by atoms with E-state index in [2.05, 4.69) is 5.32 Å². The molecule has 3 aliphatic rings. The Hall–Kier alpha value is -3.22. The van der Waals surface area contributed by atoms with E-state index in [4.69, 9.17) is 9.47 Å². The molecule has 0 saturated carbocycles. The first kappa shape index (κ1) is 16.9. The Labute approximate surface area is 162 Å². The number of amides is 3. The Balaban J connectivity index is 1.35. The van der Waals surface area contributed by atoms with Crippen LogP contribution in [0.25, 0.3) is 0 Å². The zero-order chi connectivity index (χ0) is 19.3. The third-order valence-electron chi connectivity index (χ3n) is 5.84. The Morgan fingerprint density at radius 3 is 2.75 bits per heavy atom. The number of nitrogens with one attached hydrogen (secondary N) is 1. The van der Waals surface area contributed by atoms with E-state index in [9.17, 15) is 9.59 Å². The number of nitrogens with zero attached hydrogens (tertiary/aromatic N) is 2. The van der Waals surface area contributed by atoms with Gasteiger partial charge >= 0.3 is 6.03 Å². The maximum Gasteiger partial charge on any atom is 0.321 e. The van der Waals surface area contributed by atoms with Crippen molar-refractivity contribution >= 4 is 23.3 Å². The summed E-state index contributed by atoms with van der Waals surface area (Å²) in [6.45, 7) is 1.93. The Morgan fingerprint density at radius 2 is 1.89 bits per heavy atom. The molecule has 0 aliphatic carbocycles. The fraction of sp³-hybridized carbons (Fsp3) is 0.333. The number of fused-ring (bicyclic) bond motifs is 3. The van der Waals surface area contributed by atoms with Crippen LogP contribution in [0.2, 0.25) is 0 Å². The summed E-state index contributed by atoms with van der Waals surface area (Å²) in [5.74, 6) is 1.37. The summed E-state index contributed by atoms with van der Waals surface area (Å²) in [6, 6.07) is 13.0. The zero-order valence-corrected chi connectivity index (χ0v) is 15.6. The van der Waals surface area contributed by atoms with Crippen LogP contribution < -0.4 is 19.7 Å². The first-order chi connectivity index (χ1) is 13.6. The van der Waals surface area contributed by atoms with Gasteiger partial charge in [0.15, 0.2) is 11.5 Å². The molecule has 7 nitrogen and oxygen atoms in total. The molecule has 3 aliphatic heterocycles. The normalized spacial score (nSPS) is 22.5. The van der Waals surface area contributed by atoms with Crippen LogP contribution in [0, 0.1) is 0 Å². The van der Waals surface area contributed by atoms with Crippen LogP contribution in [0.5, 0.6) is 11.5 Å². The third kappa shape index (κ3) is 2.42. The molecule has 1 spiro atoms.